The maximum absolute atomic E-state index is 12.9. The second-order valence-corrected chi connectivity index (χ2v) is 8.50. The van der Waals surface area contributed by atoms with Gasteiger partial charge in [-0.2, -0.15) is 4.31 Å². The second kappa shape index (κ2) is 6.97. The molecule has 0 bridgehead atoms. The van der Waals surface area contributed by atoms with Crippen LogP contribution in [-0.2, 0) is 14.8 Å². The molecule has 1 saturated heterocycles. The summed E-state index contributed by atoms with van der Waals surface area (Å²) in [7, 11) is -2.43. The maximum atomic E-state index is 12.9. The first-order chi connectivity index (χ1) is 10.7. The van der Waals surface area contributed by atoms with Crippen molar-refractivity contribution in [3.05, 3.63) is 30.1 Å². The van der Waals surface area contributed by atoms with Crippen molar-refractivity contribution in [1.29, 1.82) is 0 Å². The van der Waals surface area contributed by atoms with E-state index in [1.165, 1.54) is 19.2 Å². The predicted octanol–water partition coefficient (Wildman–Crippen LogP) is 1.95. The van der Waals surface area contributed by atoms with Gasteiger partial charge in [0.1, 0.15) is 5.82 Å². The van der Waals surface area contributed by atoms with Crippen LogP contribution in [0.4, 0.5) is 4.39 Å². The van der Waals surface area contributed by atoms with E-state index in [0.717, 1.165) is 22.9 Å². The van der Waals surface area contributed by atoms with E-state index in [-0.39, 0.29) is 17.3 Å². The summed E-state index contributed by atoms with van der Waals surface area (Å²) >= 11 is 0. The van der Waals surface area contributed by atoms with Gasteiger partial charge < -0.3 is 4.90 Å². The molecule has 2 atom stereocenters. The molecule has 1 aliphatic heterocycles. The molecule has 1 aliphatic rings. The normalized spacial score (nSPS) is 22.4. The van der Waals surface area contributed by atoms with Gasteiger partial charge in [0.2, 0.25) is 15.9 Å². The molecule has 23 heavy (non-hydrogen) atoms. The van der Waals surface area contributed by atoms with Crippen molar-refractivity contribution in [2.75, 3.05) is 26.7 Å². The van der Waals surface area contributed by atoms with E-state index >= 15 is 0 Å². The monoisotopic (exact) mass is 342 g/mol. The van der Waals surface area contributed by atoms with E-state index < -0.39 is 15.8 Å². The van der Waals surface area contributed by atoms with Gasteiger partial charge in [-0.3, -0.25) is 4.79 Å². The number of piperidine rings is 1. The quantitative estimate of drug-likeness (QED) is 0.840. The third-order valence-electron chi connectivity index (χ3n) is 4.10. The molecule has 0 aromatic heterocycles. The highest BCUT2D eigenvalue weighted by molar-refractivity contribution is 7.89. The smallest absolute Gasteiger partial charge is 0.243 e. The molecule has 5 nitrogen and oxygen atoms in total. The fourth-order valence-corrected chi connectivity index (χ4v) is 4.15. The molecular formula is C16H23FN2O3S. The molecule has 1 fully saturated rings. The zero-order chi connectivity index (χ0) is 17.2. The van der Waals surface area contributed by atoms with Crippen molar-refractivity contribution in [1.82, 2.24) is 9.21 Å². The van der Waals surface area contributed by atoms with Crippen molar-refractivity contribution in [3.63, 3.8) is 0 Å². The first kappa shape index (κ1) is 17.9. The molecule has 0 spiro atoms. The van der Waals surface area contributed by atoms with Crippen LogP contribution in [-0.4, -0.2) is 50.2 Å². The topological polar surface area (TPSA) is 57.7 Å². The Morgan fingerprint density at radius 3 is 2.26 bits per heavy atom. The maximum Gasteiger partial charge on any atom is 0.243 e. The van der Waals surface area contributed by atoms with Gasteiger partial charge in [-0.25, -0.2) is 12.8 Å². The van der Waals surface area contributed by atoms with E-state index in [1.807, 2.05) is 0 Å². The lowest BCUT2D eigenvalue weighted by atomic mass is 9.92. The fraction of sp³-hybridized carbons (Fsp3) is 0.562. The van der Waals surface area contributed by atoms with Crippen molar-refractivity contribution < 1.29 is 17.6 Å². The van der Waals surface area contributed by atoms with Gasteiger partial charge in [-0.15, -0.1) is 0 Å². The van der Waals surface area contributed by atoms with Crippen molar-refractivity contribution in [2.45, 2.75) is 25.2 Å². The van der Waals surface area contributed by atoms with E-state index in [0.29, 0.717) is 24.9 Å². The number of amides is 1. The largest absolute Gasteiger partial charge is 0.341 e. The second-order valence-electron chi connectivity index (χ2n) is 6.46. The minimum absolute atomic E-state index is 0.0189. The summed E-state index contributed by atoms with van der Waals surface area (Å²) in [5.74, 6) is 0.138. The first-order valence-electron chi connectivity index (χ1n) is 7.70. The molecule has 7 heteroatoms. The van der Waals surface area contributed by atoms with Gasteiger partial charge in [0, 0.05) is 20.1 Å². The number of halogens is 1. The molecular weight excluding hydrogens is 319 g/mol. The number of likely N-dealkylation sites (tertiary alicyclic amines) is 1. The summed E-state index contributed by atoms with van der Waals surface area (Å²) in [6.45, 7) is 5.30. The van der Waals surface area contributed by atoms with E-state index in [1.54, 1.807) is 4.90 Å². The summed E-state index contributed by atoms with van der Waals surface area (Å²) in [5.41, 5.74) is 0. The lowest BCUT2D eigenvalue weighted by Crippen LogP contribution is -2.47. The fourth-order valence-electron chi connectivity index (χ4n) is 3.03. The van der Waals surface area contributed by atoms with Gasteiger partial charge >= 0.3 is 0 Å². The highest BCUT2D eigenvalue weighted by Gasteiger charge is 2.29. The highest BCUT2D eigenvalue weighted by Crippen LogP contribution is 2.21. The first-order valence-corrected chi connectivity index (χ1v) is 9.14. The molecule has 1 aromatic carbocycles. The van der Waals surface area contributed by atoms with Crippen molar-refractivity contribution in [2.24, 2.45) is 11.8 Å². The van der Waals surface area contributed by atoms with Crippen LogP contribution in [0.25, 0.3) is 0 Å². The zero-order valence-electron chi connectivity index (χ0n) is 13.7. The van der Waals surface area contributed by atoms with Crippen LogP contribution in [0.5, 0.6) is 0 Å². The van der Waals surface area contributed by atoms with Crippen LogP contribution in [0.15, 0.2) is 29.2 Å². The van der Waals surface area contributed by atoms with Gasteiger partial charge in [-0.1, -0.05) is 13.8 Å². The van der Waals surface area contributed by atoms with Gasteiger partial charge in [-0.05, 0) is 42.5 Å². The van der Waals surface area contributed by atoms with Crippen LogP contribution in [0.3, 0.4) is 0 Å². The number of rotatable bonds is 4. The Bertz CT molecular complexity index is 650. The molecule has 0 aliphatic carbocycles. The molecule has 128 valence electrons. The molecule has 0 saturated carbocycles. The molecule has 1 aromatic rings. The van der Waals surface area contributed by atoms with Crippen molar-refractivity contribution >= 4 is 15.9 Å². The Hall–Kier alpha value is -1.47. The van der Waals surface area contributed by atoms with Gasteiger partial charge in [0.15, 0.2) is 0 Å². The minimum Gasteiger partial charge on any atom is -0.341 e. The number of carbonyl (C=O) groups excluding carboxylic acids is 1. The summed E-state index contributed by atoms with van der Waals surface area (Å²) in [6, 6.07) is 4.60. The van der Waals surface area contributed by atoms with E-state index in [9.17, 15) is 17.6 Å². The third-order valence-corrected chi connectivity index (χ3v) is 5.92. The van der Waals surface area contributed by atoms with Crippen LogP contribution in [0.2, 0.25) is 0 Å². The number of carbonyl (C=O) groups is 1. The number of likely N-dealkylation sites (N-methyl/N-ethyl adjacent to an activating group) is 1. The van der Waals surface area contributed by atoms with E-state index in [4.69, 9.17) is 0 Å². The molecule has 0 unspecified atom stereocenters. The van der Waals surface area contributed by atoms with Crippen molar-refractivity contribution in [3.8, 4) is 0 Å². The Labute approximate surface area is 137 Å². The lowest BCUT2D eigenvalue weighted by molar-refractivity contribution is -0.133. The average molecular weight is 342 g/mol. The summed E-state index contributed by atoms with van der Waals surface area (Å²) in [5, 5.41) is 0. The van der Waals surface area contributed by atoms with Crippen LogP contribution < -0.4 is 0 Å². The van der Waals surface area contributed by atoms with Gasteiger partial charge in [0.25, 0.3) is 0 Å². The standard InChI is InChI=1S/C16H23FN2O3S/c1-12-8-13(2)10-19(9-12)16(20)11-18(3)23(21,22)15-6-4-14(17)5-7-15/h4-7,12-13H,8-11H2,1-3H3/t12-,13-/m0/s1. The Morgan fingerprint density at radius 1 is 1.22 bits per heavy atom. The summed E-state index contributed by atoms with van der Waals surface area (Å²) in [4.78, 5) is 14.1. The SMILES string of the molecule is C[C@H]1C[C@H](C)CN(C(=O)CN(C)S(=O)(=O)c2ccc(F)cc2)C1. The molecule has 0 radical (unpaired) electrons. The number of sulfonamides is 1. The minimum atomic E-state index is -3.80. The molecule has 1 heterocycles. The van der Waals surface area contributed by atoms with Crippen LogP contribution >= 0.6 is 0 Å². The summed E-state index contributed by atoms with van der Waals surface area (Å²) in [6.07, 6.45) is 1.08. The zero-order valence-corrected chi connectivity index (χ0v) is 14.5. The number of nitrogens with zero attached hydrogens (tertiary/aromatic N) is 2. The summed E-state index contributed by atoms with van der Waals surface area (Å²) < 4.78 is 38.8. The molecule has 1 amide bonds. The number of hydrogen-bond acceptors (Lipinski definition) is 3. The molecule has 2 rings (SSSR count). The Morgan fingerprint density at radius 2 is 1.74 bits per heavy atom. The van der Waals surface area contributed by atoms with Crippen LogP contribution in [0, 0.1) is 17.7 Å². The highest BCUT2D eigenvalue weighted by atomic mass is 32.2. The third kappa shape index (κ3) is 4.29. The predicted molar refractivity (Wildman–Crippen MR) is 85.7 cm³/mol. The van der Waals surface area contributed by atoms with E-state index in [2.05, 4.69) is 13.8 Å². The Balaban J connectivity index is 2.06. The lowest BCUT2D eigenvalue weighted by Gasteiger charge is -2.35. The average Bonchev–Trinajstić information content (AvgIpc) is 2.46. The number of benzene rings is 1. The number of hydrogen-bond donors (Lipinski definition) is 0. The Kier molecular flexibility index (Phi) is 5.41. The van der Waals surface area contributed by atoms with Crippen LogP contribution in [0.1, 0.15) is 20.3 Å². The molecule has 0 N–H and O–H groups in total. The van der Waals surface area contributed by atoms with Gasteiger partial charge in [0.05, 0.1) is 11.4 Å².